The zero-order valence-electron chi connectivity index (χ0n) is 17.8. The summed E-state index contributed by atoms with van der Waals surface area (Å²) in [5.74, 6) is -1.82. The van der Waals surface area contributed by atoms with E-state index in [4.69, 9.17) is 9.31 Å². The lowest BCUT2D eigenvalue weighted by molar-refractivity contribution is -0.120. The first-order valence-corrected chi connectivity index (χ1v) is 12.0. The molecule has 172 valence electrons. The van der Waals surface area contributed by atoms with Crippen LogP contribution in [0.25, 0.3) is 0 Å². The van der Waals surface area contributed by atoms with Gasteiger partial charge in [0, 0.05) is 17.7 Å². The molecule has 11 heteroatoms. The van der Waals surface area contributed by atoms with E-state index in [1.54, 1.807) is 6.07 Å². The van der Waals surface area contributed by atoms with Crippen molar-refractivity contribution >= 4 is 50.8 Å². The molecule has 1 aromatic carbocycles. The Kier molecular flexibility index (Phi) is 11.4. The molecule has 0 bridgehead atoms. The molecule has 2 amide bonds. The summed E-state index contributed by atoms with van der Waals surface area (Å²) in [6.45, 7) is 6.62. The van der Waals surface area contributed by atoms with Crippen molar-refractivity contribution < 1.29 is 23.3 Å². The van der Waals surface area contributed by atoms with Gasteiger partial charge in [0.15, 0.2) is 5.82 Å². The van der Waals surface area contributed by atoms with Gasteiger partial charge in [0.05, 0.1) is 22.5 Å². The second kappa shape index (κ2) is 13.5. The number of hydrogen-bond donors (Lipinski definition) is 3. The quantitative estimate of drug-likeness (QED) is 0.350. The number of nitrogens with one attached hydrogen (secondary N) is 3. The van der Waals surface area contributed by atoms with Gasteiger partial charge in [-0.25, -0.2) is 4.39 Å². The molecule has 0 unspecified atom stereocenters. The molecule has 1 fully saturated rings. The van der Waals surface area contributed by atoms with E-state index >= 15 is 0 Å². The summed E-state index contributed by atoms with van der Waals surface area (Å²) >= 11 is 6.24. The van der Waals surface area contributed by atoms with E-state index in [2.05, 4.69) is 61.7 Å². The molecule has 31 heavy (non-hydrogen) atoms. The van der Waals surface area contributed by atoms with Gasteiger partial charge in [-0.2, -0.15) is 0 Å². The number of amides is 2. The molecule has 1 saturated heterocycles. The fraction of sp³-hybridized carbons (Fsp3) is 0.600. The van der Waals surface area contributed by atoms with E-state index in [9.17, 15) is 14.0 Å². The summed E-state index contributed by atoms with van der Waals surface area (Å²) in [5.41, 5.74) is -0.159. The van der Waals surface area contributed by atoms with Crippen LogP contribution in [0.4, 0.5) is 4.39 Å². The van der Waals surface area contributed by atoms with E-state index in [1.165, 1.54) is 6.07 Å². The third-order valence-corrected chi connectivity index (χ3v) is 5.91. The molecule has 0 aromatic heterocycles. The summed E-state index contributed by atoms with van der Waals surface area (Å²) in [6, 6.07) is 3.05. The van der Waals surface area contributed by atoms with Crippen LogP contribution in [0.3, 0.4) is 0 Å². The van der Waals surface area contributed by atoms with Gasteiger partial charge in [-0.15, -0.1) is 0 Å². The topological polar surface area (TPSA) is 88.7 Å². The number of halogens is 3. The molecule has 1 aliphatic rings. The summed E-state index contributed by atoms with van der Waals surface area (Å²) in [7, 11) is -0.559. The lowest BCUT2D eigenvalue weighted by Crippen LogP contribution is -2.52. The van der Waals surface area contributed by atoms with Crippen molar-refractivity contribution in [1.29, 1.82) is 0 Å². The number of benzene rings is 1. The maximum absolute atomic E-state index is 14.3. The minimum Gasteiger partial charge on any atom is -0.410 e. The highest BCUT2D eigenvalue weighted by atomic mass is 79.9. The minimum atomic E-state index is -0.692. The van der Waals surface area contributed by atoms with Crippen LogP contribution >= 0.6 is 31.9 Å². The molecule has 1 aliphatic heterocycles. The molecule has 1 heterocycles. The Morgan fingerprint density at radius 1 is 1.16 bits per heavy atom. The fourth-order valence-corrected chi connectivity index (χ4v) is 4.00. The first-order valence-electron chi connectivity index (χ1n) is 10.4. The summed E-state index contributed by atoms with van der Waals surface area (Å²) in [5, 5.41) is 8.71. The zero-order valence-corrected chi connectivity index (χ0v) is 21.0. The summed E-state index contributed by atoms with van der Waals surface area (Å²) in [6.07, 6.45) is 2.37. The fourth-order valence-electron chi connectivity index (χ4n) is 3.19. The molecule has 0 spiro atoms. The predicted octanol–water partition coefficient (Wildman–Crippen LogP) is 3.06. The Morgan fingerprint density at radius 2 is 1.77 bits per heavy atom. The van der Waals surface area contributed by atoms with Crippen molar-refractivity contribution in [2.24, 2.45) is 5.92 Å². The average Bonchev–Trinajstić information content (AvgIpc) is 2.72. The lowest BCUT2D eigenvalue weighted by Gasteiger charge is -2.27. The van der Waals surface area contributed by atoms with Gasteiger partial charge in [-0.05, 0) is 82.3 Å². The number of carbonyl (C=O) groups excluding carboxylic acids is 2. The maximum atomic E-state index is 14.3. The Bertz CT molecular complexity index is 747. The number of hydrogen-bond acceptors (Lipinski definition) is 5. The number of carbonyl (C=O) groups is 2. The van der Waals surface area contributed by atoms with E-state index in [0.29, 0.717) is 30.0 Å². The molecule has 0 radical (unpaired) electrons. The van der Waals surface area contributed by atoms with Crippen molar-refractivity contribution in [3.8, 4) is 0 Å². The van der Waals surface area contributed by atoms with Crippen LogP contribution in [0.2, 0.25) is 0 Å². The van der Waals surface area contributed by atoms with Crippen molar-refractivity contribution in [2.45, 2.75) is 39.1 Å². The van der Waals surface area contributed by atoms with E-state index in [0.717, 1.165) is 25.9 Å². The molecule has 0 aliphatic carbocycles. The van der Waals surface area contributed by atoms with Gasteiger partial charge in [-0.3, -0.25) is 9.59 Å². The van der Waals surface area contributed by atoms with Crippen molar-refractivity contribution in [2.75, 3.05) is 32.8 Å². The Balaban J connectivity index is 1.98. The minimum absolute atomic E-state index is 0.159. The van der Waals surface area contributed by atoms with Crippen LogP contribution in [0, 0.1) is 11.7 Å². The molecule has 3 N–H and O–H groups in total. The van der Waals surface area contributed by atoms with Gasteiger partial charge in [0.25, 0.3) is 5.91 Å². The van der Waals surface area contributed by atoms with Gasteiger partial charge >= 0.3 is 7.12 Å². The largest absolute Gasteiger partial charge is 0.480 e. The van der Waals surface area contributed by atoms with Crippen LogP contribution in [-0.2, 0) is 14.1 Å². The third-order valence-electron chi connectivity index (χ3n) is 4.64. The van der Waals surface area contributed by atoms with E-state index in [1.807, 2.05) is 0 Å². The zero-order chi connectivity index (χ0) is 22.8. The highest BCUT2D eigenvalue weighted by Crippen LogP contribution is 2.26. The average molecular weight is 565 g/mol. The SMILES string of the molecule is CC(C)C[C@H](NC(=O)CNC(=O)c1c(Br)ccc(Br)c1F)B1OCCCNCCCO1. The summed E-state index contributed by atoms with van der Waals surface area (Å²) < 4.78 is 26.6. The van der Waals surface area contributed by atoms with E-state index < -0.39 is 24.7 Å². The molecular weight excluding hydrogens is 536 g/mol. The van der Waals surface area contributed by atoms with Crippen molar-refractivity contribution in [3.05, 3.63) is 32.5 Å². The first kappa shape index (κ1) is 26.2. The molecule has 7 nitrogen and oxygen atoms in total. The molecule has 1 atom stereocenters. The Hall–Kier alpha value is -1.01. The molecule has 2 rings (SSSR count). The van der Waals surface area contributed by atoms with Gasteiger partial charge < -0.3 is 25.3 Å². The smallest absolute Gasteiger partial charge is 0.410 e. The van der Waals surface area contributed by atoms with Gasteiger partial charge in [0.2, 0.25) is 5.91 Å². The second-order valence-corrected chi connectivity index (χ2v) is 9.48. The predicted molar refractivity (Wildman–Crippen MR) is 125 cm³/mol. The standard InChI is InChI=1S/C20H29BBr2FN3O4/c1-13(2)11-16(21-30-9-3-7-25-8-4-10-31-21)27-17(28)12-26-20(29)18-14(22)5-6-15(23)19(18)24/h5-6,13,16,25H,3-4,7-12H2,1-2H3,(H,26,29)(H,27,28)/t16-/m0/s1. The van der Waals surface area contributed by atoms with Gasteiger partial charge in [-0.1, -0.05) is 13.8 Å². The first-order chi connectivity index (χ1) is 14.8. The molecule has 1 aromatic rings. The molecule has 0 saturated carbocycles. The van der Waals surface area contributed by atoms with Crippen molar-refractivity contribution in [1.82, 2.24) is 16.0 Å². The summed E-state index contributed by atoms with van der Waals surface area (Å²) in [4.78, 5) is 25.0. The normalized spacial score (nSPS) is 16.6. The van der Waals surface area contributed by atoms with Crippen molar-refractivity contribution in [3.63, 3.8) is 0 Å². The van der Waals surface area contributed by atoms with Crippen LogP contribution in [-0.4, -0.2) is 57.7 Å². The monoisotopic (exact) mass is 563 g/mol. The number of rotatable bonds is 7. The van der Waals surface area contributed by atoms with Crippen LogP contribution in [0.5, 0.6) is 0 Å². The van der Waals surface area contributed by atoms with Crippen LogP contribution < -0.4 is 16.0 Å². The molecular formula is C20H29BBr2FN3O4. The maximum Gasteiger partial charge on any atom is 0.480 e. The second-order valence-electron chi connectivity index (χ2n) is 7.77. The van der Waals surface area contributed by atoms with Gasteiger partial charge in [0.1, 0.15) is 0 Å². The Labute approximate surface area is 200 Å². The van der Waals surface area contributed by atoms with Crippen LogP contribution in [0.15, 0.2) is 21.1 Å². The van der Waals surface area contributed by atoms with E-state index in [-0.39, 0.29) is 22.5 Å². The van der Waals surface area contributed by atoms with Crippen LogP contribution in [0.1, 0.15) is 43.5 Å². The third kappa shape index (κ3) is 8.80. The lowest BCUT2D eigenvalue weighted by atomic mass is 9.73. The highest BCUT2D eigenvalue weighted by Gasteiger charge is 2.32. The highest BCUT2D eigenvalue weighted by molar-refractivity contribution is 9.11. The Morgan fingerprint density at radius 3 is 2.39 bits per heavy atom.